The number of nitrogens with one attached hydrogen (secondary N) is 1. The zero-order valence-electron chi connectivity index (χ0n) is 13.6. The molecule has 0 bridgehead atoms. The van der Waals surface area contributed by atoms with Gasteiger partial charge in [0.2, 0.25) is 0 Å². The predicted molar refractivity (Wildman–Crippen MR) is 83.1 cm³/mol. The van der Waals surface area contributed by atoms with Crippen LogP contribution >= 0.6 is 0 Å². The molecular weight excluding hydrogens is 220 g/mol. The first kappa shape index (κ1) is 17.9. The van der Waals surface area contributed by atoms with Gasteiger partial charge in [0, 0.05) is 25.7 Å². The van der Waals surface area contributed by atoms with E-state index in [0.717, 1.165) is 18.4 Å². The lowest BCUT2D eigenvalue weighted by Gasteiger charge is -2.25. The van der Waals surface area contributed by atoms with Gasteiger partial charge in [0.25, 0.3) is 0 Å². The first-order valence-corrected chi connectivity index (χ1v) is 7.95. The minimum absolute atomic E-state index is 0.662. The molecule has 18 heavy (non-hydrogen) atoms. The van der Waals surface area contributed by atoms with Crippen LogP contribution in [-0.2, 0) is 0 Å². The van der Waals surface area contributed by atoms with E-state index in [4.69, 9.17) is 0 Å². The first-order chi connectivity index (χ1) is 8.49. The Morgan fingerprint density at radius 1 is 1.00 bits per heavy atom. The van der Waals surface area contributed by atoms with Crippen LogP contribution in [0.2, 0.25) is 0 Å². The van der Waals surface area contributed by atoms with Gasteiger partial charge in [-0.2, -0.15) is 0 Å². The molecule has 1 N–H and O–H groups in total. The number of hydrogen-bond acceptors (Lipinski definition) is 2. The summed E-state index contributed by atoms with van der Waals surface area (Å²) in [5.41, 5.74) is 0. The molecule has 0 aliphatic heterocycles. The van der Waals surface area contributed by atoms with Crippen LogP contribution in [0.25, 0.3) is 0 Å². The average Bonchev–Trinajstić information content (AvgIpc) is 2.34. The maximum absolute atomic E-state index is 3.65. The molecule has 2 unspecified atom stereocenters. The lowest BCUT2D eigenvalue weighted by Crippen LogP contribution is -2.37. The minimum atomic E-state index is 0.662. The third-order valence-corrected chi connectivity index (χ3v) is 3.81. The Morgan fingerprint density at radius 3 is 2.17 bits per heavy atom. The van der Waals surface area contributed by atoms with E-state index in [1.165, 1.54) is 38.9 Å². The minimum Gasteiger partial charge on any atom is -0.313 e. The quantitative estimate of drug-likeness (QED) is 0.605. The van der Waals surface area contributed by atoms with Gasteiger partial charge in [0.15, 0.2) is 0 Å². The fourth-order valence-electron chi connectivity index (χ4n) is 2.10. The van der Waals surface area contributed by atoms with Crippen molar-refractivity contribution >= 4 is 0 Å². The molecule has 110 valence electrons. The molecule has 0 fully saturated rings. The largest absolute Gasteiger partial charge is 0.313 e. The topological polar surface area (TPSA) is 15.3 Å². The Bertz CT molecular complexity index is 180. The highest BCUT2D eigenvalue weighted by Crippen LogP contribution is 2.06. The SMILES string of the molecule is CCC(C)CN(CC)CCNC(C)CCC(C)C. The van der Waals surface area contributed by atoms with Crippen molar-refractivity contribution in [2.24, 2.45) is 11.8 Å². The molecule has 2 heteroatoms. The van der Waals surface area contributed by atoms with Crippen molar-refractivity contribution in [2.75, 3.05) is 26.2 Å². The van der Waals surface area contributed by atoms with Crippen LogP contribution in [0.15, 0.2) is 0 Å². The lowest BCUT2D eigenvalue weighted by molar-refractivity contribution is 0.242. The molecule has 0 aliphatic rings. The van der Waals surface area contributed by atoms with Gasteiger partial charge in [0.1, 0.15) is 0 Å². The first-order valence-electron chi connectivity index (χ1n) is 7.95. The third kappa shape index (κ3) is 9.90. The average molecular weight is 256 g/mol. The molecule has 2 atom stereocenters. The Morgan fingerprint density at radius 2 is 1.67 bits per heavy atom. The Hall–Kier alpha value is -0.0800. The summed E-state index contributed by atoms with van der Waals surface area (Å²) in [6.07, 6.45) is 3.92. The van der Waals surface area contributed by atoms with E-state index >= 15 is 0 Å². The van der Waals surface area contributed by atoms with Gasteiger partial charge >= 0.3 is 0 Å². The van der Waals surface area contributed by atoms with Crippen molar-refractivity contribution in [3.05, 3.63) is 0 Å². The van der Waals surface area contributed by atoms with E-state index in [-0.39, 0.29) is 0 Å². The summed E-state index contributed by atoms with van der Waals surface area (Å²) in [5.74, 6) is 1.65. The summed E-state index contributed by atoms with van der Waals surface area (Å²) in [6, 6.07) is 0.662. The molecule has 0 amide bonds. The lowest BCUT2D eigenvalue weighted by atomic mass is 10.0. The van der Waals surface area contributed by atoms with Gasteiger partial charge in [-0.05, 0) is 38.1 Å². The number of hydrogen-bond donors (Lipinski definition) is 1. The monoisotopic (exact) mass is 256 g/mol. The molecule has 0 heterocycles. The Kier molecular flexibility index (Phi) is 10.8. The van der Waals surface area contributed by atoms with Gasteiger partial charge in [-0.25, -0.2) is 0 Å². The highest BCUT2D eigenvalue weighted by Gasteiger charge is 2.08. The molecule has 0 saturated carbocycles. The second-order valence-electron chi connectivity index (χ2n) is 6.23. The van der Waals surface area contributed by atoms with Gasteiger partial charge < -0.3 is 10.2 Å². The maximum Gasteiger partial charge on any atom is 0.0107 e. The fourth-order valence-corrected chi connectivity index (χ4v) is 2.10. The molecule has 2 nitrogen and oxygen atoms in total. The second-order valence-corrected chi connectivity index (χ2v) is 6.23. The predicted octanol–water partition coefficient (Wildman–Crippen LogP) is 3.77. The van der Waals surface area contributed by atoms with Crippen LogP contribution in [0.4, 0.5) is 0 Å². The molecule has 0 aromatic heterocycles. The number of nitrogens with zero attached hydrogens (tertiary/aromatic N) is 1. The smallest absolute Gasteiger partial charge is 0.0107 e. The summed E-state index contributed by atoms with van der Waals surface area (Å²) in [6.45, 7) is 18.6. The van der Waals surface area contributed by atoms with Crippen molar-refractivity contribution in [3.8, 4) is 0 Å². The molecule has 0 radical (unpaired) electrons. The van der Waals surface area contributed by atoms with Crippen LogP contribution < -0.4 is 5.32 Å². The Balaban J connectivity index is 3.66. The number of likely N-dealkylation sites (N-methyl/N-ethyl adjacent to an activating group) is 1. The van der Waals surface area contributed by atoms with E-state index in [1.807, 2.05) is 0 Å². The summed E-state index contributed by atoms with van der Waals surface area (Å²) >= 11 is 0. The molecule has 0 aliphatic carbocycles. The normalized spacial score (nSPS) is 15.3. The van der Waals surface area contributed by atoms with E-state index < -0.39 is 0 Å². The van der Waals surface area contributed by atoms with Gasteiger partial charge in [0.05, 0.1) is 0 Å². The van der Waals surface area contributed by atoms with Crippen molar-refractivity contribution in [1.82, 2.24) is 10.2 Å². The summed E-state index contributed by atoms with van der Waals surface area (Å²) < 4.78 is 0. The zero-order chi connectivity index (χ0) is 14.0. The van der Waals surface area contributed by atoms with E-state index in [2.05, 4.69) is 51.8 Å². The zero-order valence-corrected chi connectivity index (χ0v) is 13.6. The van der Waals surface area contributed by atoms with Gasteiger partial charge in [-0.3, -0.25) is 0 Å². The van der Waals surface area contributed by atoms with Crippen molar-refractivity contribution < 1.29 is 0 Å². The third-order valence-electron chi connectivity index (χ3n) is 3.81. The highest BCUT2D eigenvalue weighted by atomic mass is 15.1. The van der Waals surface area contributed by atoms with Crippen LogP contribution in [0, 0.1) is 11.8 Å². The standard InChI is InChI=1S/C16H36N2/c1-7-15(5)13-18(8-2)12-11-17-16(6)10-9-14(3)4/h14-17H,7-13H2,1-6H3. The molecular formula is C16H36N2. The number of rotatable bonds is 11. The van der Waals surface area contributed by atoms with Crippen LogP contribution in [0.1, 0.15) is 60.8 Å². The van der Waals surface area contributed by atoms with E-state index in [1.54, 1.807) is 0 Å². The summed E-state index contributed by atoms with van der Waals surface area (Å²) in [7, 11) is 0. The van der Waals surface area contributed by atoms with Crippen molar-refractivity contribution in [2.45, 2.75) is 66.8 Å². The molecule has 0 aromatic rings. The van der Waals surface area contributed by atoms with Gasteiger partial charge in [-0.1, -0.05) is 41.0 Å². The van der Waals surface area contributed by atoms with E-state index in [0.29, 0.717) is 6.04 Å². The second kappa shape index (κ2) is 10.8. The van der Waals surface area contributed by atoms with Crippen LogP contribution in [-0.4, -0.2) is 37.1 Å². The van der Waals surface area contributed by atoms with Crippen molar-refractivity contribution in [3.63, 3.8) is 0 Å². The fraction of sp³-hybridized carbons (Fsp3) is 1.00. The summed E-state index contributed by atoms with van der Waals surface area (Å²) in [4.78, 5) is 2.57. The summed E-state index contributed by atoms with van der Waals surface area (Å²) in [5, 5.41) is 3.65. The van der Waals surface area contributed by atoms with Crippen LogP contribution in [0.5, 0.6) is 0 Å². The van der Waals surface area contributed by atoms with E-state index in [9.17, 15) is 0 Å². The molecule has 0 saturated heterocycles. The van der Waals surface area contributed by atoms with Crippen LogP contribution in [0.3, 0.4) is 0 Å². The highest BCUT2D eigenvalue weighted by molar-refractivity contribution is 4.66. The molecule has 0 aromatic carbocycles. The molecule has 0 rings (SSSR count). The van der Waals surface area contributed by atoms with Gasteiger partial charge in [-0.15, -0.1) is 0 Å². The molecule has 0 spiro atoms. The van der Waals surface area contributed by atoms with Crippen molar-refractivity contribution in [1.29, 1.82) is 0 Å². The maximum atomic E-state index is 3.65. The Labute approximate surface area is 116 Å².